The summed E-state index contributed by atoms with van der Waals surface area (Å²) in [5.74, 6) is 0. The van der Waals surface area contributed by atoms with Crippen molar-refractivity contribution in [3.63, 3.8) is 0 Å². The van der Waals surface area contributed by atoms with Crippen molar-refractivity contribution in [3.8, 4) is 0 Å². The predicted octanol–water partition coefficient (Wildman–Crippen LogP) is 4.93. The second-order valence-electron chi connectivity index (χ2n) is 5.87. The maximum atomic E-state index is 12.1. The van der Waals surface area contributed by atoms with Gasteiger partial charge in [0, 0.05) is 28.6 Å². The van der Waals surface area contributed by atoms with Gasteiger partial charge in [0.05, 0.1) is 6.54 Å². The lowest BCUT2D eigenvalue weighted by Gasteiger charge is -2.12. The first kappa shape index (κ1) is 17.3. The molecule has 3 rings (SSSR count). The van der Waals surface area contributed by atoms with E-state index in [1.165, 1.54) is 11.1 Å². The number of hydrogen-bond acceptors (Lipinski definition) is 1. The number of carbonyl (C=O) groups excluding carboxylic acids is 1. The highest BCUT2D eigenvalue weighted by atomic mass is 79.9. The number of carbonyl (C=O) groups is 1. The monoisotopic (exact) mass is 397 g/mol. The standard InChI is InChI=1S/C20H20BrN3O/c1-15-5-2-3-6-16(15)14-24-12-4-7-19(24)13-22-20(25)23-18-10-8-17(21)9-11-18/h2-12H,13-14H2,1H3,(H2,22,23,25). The van der Waals surface area contributed by atoms with E-state index in [1.807, 2.05) is 48.7 Å². The minimum Gasteiger partial charge on any atom is -0.345 e. The number of nitrogens with one attached hydrogen (secondary N) is 2. The number of aryl methyl sites for hydroxylation is 1. The third-order valence-electron chi connectivity index (χ3n) is 4.06. The van der Waals surface area contributed by atoms with E-state index in [-0.39, 0.29) is 6.03 Å². The molecule has 0 spiro atoms. The number of amides is 2. The molecule has 2 N–H and O–H groups in total. The molecule has 0 saturated heterocycles. The van der Waals surface area contributed by atoms with E-state index < -0.39 is 0 Å². The van der Waals surface area contributed by atoms with Gasteiger partial charge in [-0.2, -0.15) is 0 Å². The molecule has 0 saturated carbocycles. The van der Waals surface area contributed by atoms with Crippen molar-refractivity contribution in [2.45, 2.75) is 20.0 Å². The normalized spacial score (nSPS) is 10.5. The zero-order valence-electron chi connectivity index (χ0n) is 14.0. The highest BCUT2D eigenvalue weighted by Gasteiger charge is 2.06. The van der Waals surface area contributed by atoms with E-state index in [9.17, 15) is 4.79 Å². The molecule has 0 aliphatic carbocycles. The molecular weight excluding hydrogens is 378 g/mol. The van der Waals surface area contributed by atoms with Gasteiger partial charge in [-0.1, -0.05) is 40.2 Å². The van der Waals surface area contributed by atoms with Crippen LogP contribution in [0.15, 0.2) is 71.3 Å². The lowest BCUT2D eigenvalue weighted by molar-refractivity contribution is 0.251. The predicted molar refractivity (Wildman–Crippen MR) is 105 cm³/mol. The molecular formula is C20H20BrN3O. The highest BCUT2D eigenvalue weighted by Crippen LogP contribution is 2.14. The van der Waals surface area contributed by atoms with E-state index in [0.717, 1.165) is 22.4 Å². The van der Waals surface area contributed by atoms with Crippen LogP contribution in [0.4, 0.5) is 10.5 Å². The van der Waals surface area contributed by atoms with Gasteiger partial charge in [0.25, 0.3) is 0 Å². The summed E-state index contributed by atoms with van der Waals surface area (Å²) in [6.45, 7) is 3.38. The molecule has 1 aromatic heterocycles. The Bertz CT molecular complexity index is 855. The Hall–Kier alpha value is -2.53. The summed E-state index contributed by atoms with van der Waals surface area (Å²) >= 11 is 3.38. The third-order valence-corrected chi connectivity index (χ3v) is 4.59. The Kier molecular flexibility index (Phi) is 5.56. The summed E-state index contributed by atoms with van der Waals surface area (Å²) < 4.78 is 3.13. The molecule has 128 valence electrons. The van der Waals surface area contributed by atoms with Crippen molar-refractivity contribution in [2.75, 3.05) is 5.32 Å². The van der Waals surface area contributed by atoms with Gasteiger partial charge in [-0.15, -0.1) is 0 Å². The fourth-order valence-electron chi connectivity index (χ4n) is 2.61. The molecule has 4 nitrogen and oxygen atoms in total. The second kappa shape index (κ2) is 8.03. The Balaban J connectivity index is 1.59. The van der Waals surface area contributed by atoms with E-state index in [1.54, 1.807) is 0 Å². The smallest absolute Gasteiger partial charge is 0.319 e. The fraction of sp³-hybridized carbons (Fsp3) is 0.150. The summed E-state index contributed by atoms with van der Waals surface area (Å²) in [6.07, 6.45) is 2.04. The molecule has 0 aliphatic rings. The maximum absolute atomic E-state index is 12.1. The van der Waals surface area contributed by atoms with Crippen LogP contribution in [0.2, 0.25) is 0 Å². The van der Waals surface area contributed by atoms with Gasteiger partial charge >= 0.3 is 6.03 Å². The van der Waals surface area contributed by atoms with Crippen molar-refractivity contribution >= 4 is 27.6 Å². The molecule has 25 heavy (non-hydrogen) atoms. The molecule has 0 bridgehead atoms. The average Bonchev–Trinajstić information content (AvgIpc) is 3.04. The fourth-order valence-corrected chi connectivity index (χ4v) is 2.88. The second-order valence-corrected chi connectivity index (χ2v) is 6.78. The number of anilines is 1. The van der Waals surface area contributed by atoms with E-state index in [4.69, 9.17) is 0 Å². The number of hydrogen-bond donors (Lipinski definition) is 2. The molecule has 3 aromatic rings. The number of rotatable bonds is 5. The van der Waals surface area contributed by atoms with Crippen LogP contribution in [0.1, 0.15) is 16.8 Å². The van der Waals surface area contributed by atoms with Gasteiger partial charge in [-0.3, -0.25) is 0 Å². The lowest BCUT2D eigenvalue weighted by atomic mass is 10.1. The van der Waals surface area contributed by atoms with Crippen LogP contribution in [-0.4, -0.2) is 10.6 Å². The Labute approximate surface area is 156 Å². The minimum absolute atomic E-state index is 0.217. The topological polar surface area (TPSA) is 46.1 Å². The summed E-state index contributed by atoms with van der Waals surface area (Å²) in [4.78, 5) is 12.1. The van der Waals surface area contributed by atoms with Crippen molar-refractivity contribution < 1.29 is 4.79 Å². The zero-order chi connectivity index (χ0) is 17.6. The Morgan fingerprint density at radius 1 is 1.04 bits per heavy atom. The van der Waals surface area contributed by atoms with Gasteiger partial charge in [-0.05, 0) is 54.4 Å². The number of nitrogens with zero attached hydrogens (tertiary/aromatic N) is 1. The van der Waals surface area contributed by atoms with E-state index in [2.05, 4.69) is 56.3 Å². The zero-order valence-corrected chi connectivity index (χ0v) is 15.6. The summed E-state index contributed by atoms with van der Waals surface area (Å²) in [6, 6.07) is 19.6. The van der Waals surface area contributed by atoms with Gasteiger partial charge in [-0.25, -0.2) is 4.79 Å². The van der Waals surface area contributed by atoms with Crippen LogP contribution in [0.5, 0.6) is 0 Å². The Morgan fingerprint density at radius 3 is 2.56 bits per heavy atom. The van der Waals surface area contributed by atoms with Gasteiger partial charge in [0.1, 0.15) is 0 Å². The van der Waals surface area contributed by atoms with Crippen LogP contribution in [0.25, 0.3) is 0 Å². The minimum atomic E-state index is -0.217. The van der Waals surface area contributed by atoms with Crippen molar-refractivity contribution in [3.05, 3.63) is 88.2 Å². The summed E-state index contributed by atoms with van der Waals surface area (Å²) in [7, 11) is 0. The molecule has 0 atom stereocenters. The molecule has 2 aromatic carbocycles. The third kappa shape index (κ3) is 4.73. The molecule has 2 amide bonds. The van der Waals surface area contributed by atoms with Crippen LogP contribution in [0, 0.1) is 6.92 Å². The molecule has 0 radical (unpaired) electrons. The van der Waals surface area contributed by atoms with Crippen molar-refractivity contribution in [1.29, 1.82) is 0 Å². The van der Waals surface area contributed by atoms with Crippen LogP contribution < -0.4 is 10.6 Å². The quantitative estimate of drug-likeness (QED) is 0.629. The van der Waals surface area contributed by atoms with Gasteiger partial charge < -0.3 is 15.2 Å². The summed E-state index contributed by atoms with van der Waals surface area (Å²) in [5, 5.41) is 5.74. The Morgan fingerprint density at radius 2 is 1.80 bits per heavy atom. The van der Waals surface area contributed by atoms with Crippen LogP contribution >= 0.6 is 15.9 Å². The summed E-state index contributed by atoms with van der Waals surface area (Å²) in [5.41, 5.74) is 4.37. The first-order valence-corrected chi connectivity index (χ1v) is 8.90. The first-order chi connectivity index (χ1) is 12.1. The number of urea groups is 1. The molecule has 1 heterocycles. The maximum Gasteiger partial charge on any atom is 0.319 e. The van der Waals surface area contributed by atoms with Gasteiger partial charge in [0.2, 0.25) is 0 Å². The van der Waals surface area contributed by atoms with Crippen molar-refractivity contribution in [2.24, 2.45) is 0 Å². The number of halogens is 1. The highest BCUT2D eigenvalue weighted by molar-refractivity contribution is 9.10. The average molecular weight is 398 g/mol. The van der Waals surface area contributed by atoms with E-state index in [0.29, 0.717) is 6.54 Å². The largest absolute Gasteiger partial charge is 0.345 e. The lowest BCUT2D eigenvalue weighted by Crippen LogP contribution is -2.29. The van der Waals surface area contributed by atoms with E-state index >= 15 is 0 Å². The molecule has 0 fully saturated rings. The van der Waals surface area contributed by atoms with Crippen molar-refractivity contribution in [1.82, 2.24) is 9.88 Å². The van der Waals surface area contributed by atoms with Crippen LogP contribution in [0.3, 0.4) is 0 Å². The molecule has 0 aliphatic heterocycles. The SMILES string of the molecule is Cc1ccccc1Cn1cccc1CNC(=O)Nc1ccc(Br)cc1. The van der Waals surface area contributed by atoms with Gasteiger partial charge in [0.15, 0.2) is 0 Å². The number of benzene rings is 2. The number of aromatic nitrogens is 1. The first-order valence-electron chi connectivity index (χ1n) is 8.11. The van der Waals surface area contributed by atoms with Crippen LogP contribution in [-0.2, 0) is 13.1 Å². The molecule has 5 heteroatoms. The molecule has 0 unspecified atom stereocenters.